The lowest BCUT2D eigenvalue weighted by molar-refractivity contribution is 0.102. The second kappa shape index (κ2) is 7.57. The zero-order valence-electron chi connectivity index (χ0n) is 14.2. The quantitative estimate of drug-likeness (QED) is 0.763. The van der Waals surface area contributed by atoms with E-state index in [2.05, 4.69) is 15.5 Å². The summed E-state index contributed by atoms with van der Waals surface area (Å²) in [5, 5.41) is 11.1. The molecule has 0 unspecified atom stereocenters. The van der Waals surface area contributed by atoms with E-state index in [0.29, 0.717) is 23.7 Å². The number of anilines is 1. The van der Waals surface area contributed by atoms with Gasteiger partial charge in [0.05, 0.1) is 12.3 Å². The smallest absolute Gasteiger partial charge is 0.255 e. The predicted molar refractivity (Wildman–Crippen MR) is 97.8 cm³/mol. The minimum Gasteiger partial charge on any atom is -0.477 e. The molecule has 126 valence electrons. The number of rotatable bonds is 5. The Labute approximate surface area is 146 Å². The summed E-state index contributed by atoms with van der Waals surface area (Å²) in [5.41, 5.74) is 3.90. The molecule has 5 nitrogen and oxygen atoms in total. The van der Waals surface area contributed by atoms with Crippen LogP contribution in [0.25, 0.3) is 11.3 Å². The lowest BCUT2D eigenvalue weighted by Crippen LogP contribution is -2.13. The molecular weight excluding hydrogens is 314 g/mol. The summed E-state index contributed by atoms with van der Waals surface area (Å²) < 4.78 is 5.30. The molecule has 0 atom stereocenters. The first kappa shape index (κ1) is 16.6. The van der Waals surface area contributed by atoms with Gasteiger partial charge in [0.2, 0.25) is 5.88 Å². The van der Waals surface area contributed by atoms with Gasteiger partial charge in [0.25, 0.3) is 5.91 Å². The monoisotopic (exact) mass is 333 g/mol. The van der Waals surface area contributed by atoms with E-state index < -0.39 is 0 Å². The maximum atomic E-state index is 12.4. The van der Waals surface area contributed by atoms with Gasteiger partial charge in [-0.25, -0.2) is 0 Å². The van der Waals surface area contributed by atoms with Crippen LogP contribution in [0.1, 0.15) is 22.8 Å². The molecule has 0 aliphatic heterocycles. The zero-order valence-corrected chi connectivity index (χ0v) is 14.2. The Hall–Kier alpha value is -3.21. The molecule has 1 amide bonds. The van der Waals surface area contributed by atoms with Crippen LogP contribution in [0.4, 0.5) is 5.69 Å². The molecule has 0 aliphatic carbocycles. The summed E-state index contributed by atoms with van der Waals surface area (Å²) in [4.78, 5) is 12.4. The fraction of sp³-hybridized carbons (Fsp3) is 0.150. The van der Waals surface area contributed by atoms with Crippen molar-refractivity contribution in [3.63, 3.8) is 0 Å². The van der Waals surface area contributed by atoms with Crippen molar-refractivity contribution in [3.05, 3.63) is 71.8 Å². The SMILES string of the molecule is CCOc1ccc(-c2cccc(NC(=O)c3ccccc3C)c2)nn1. The molecule has 3 aromatic rings. The van der Waals surface area contributed by atoms with E-state index in [4.69, 9.17) is 4.74 Å². The largest absolute Gasteiger partial charge is 0.477 e. The van der Waals surface area contributed by atoms with E-state index in [9.17, 15) is 4.79 Å². The fourth-order valence-electron chi connectivity index (χ4n) is 2.48. The van der Waals surface area contributed by atoms with Crippen LogP contribution in [-0.4, -0.2) is 22.7 Å². The fourth-order valence-corrected chi connectivity index (χ4v) is 2.48. The van der Waals surface area contributed by atoms with E-state index in [-0.39, 0.29) is 5.91 Å². The summed E-state index contributed by atoms with van der Waals surface area (Å²) in [6.45, 7) is 4.37. The number of nitrogens with one attached hydrogen (secondary N) is 1. The molecule has 1 aromatic heterocycles. The van der Waals surface area contributed by atoms with Crippen LogP contribution in [-0.2, 0) is 0 Å². The number of ether oxygens (including phenoxy) is 1. The van der Waals surface area contributed by atoms with Gasteiger partial charge in [-0.3, -0.25) is 4.79 Å². The average Bonchev–Trinajstić information content (AvgIpc) is 2.63. The molecule has 0 fully saturated rings. The molecule has 5 heteroatoms. The number of aromatic nitrogens is 2. The van der Waals surface area contributed by atoms with Gasteiger partial charge in [0.1, 0.15) is 0 Å². The number of amides is 1. The van der Waals surface area contributed by atoms with Crippen molar-refractivity contribution in [2.24, 2.45) is 0 Å². The second-order valence-corrected chi connectivity index (χ2v) is 5.54. The number of hydrogen-bond donors (Lipinski definition) is 1. The number of hydrogen-bond acceptors (Lipinski definition) is 4. The Bertz CT molecular complexity index is 876. The Kier molecular flexibility index (Phi) is 5.04. The molecule has 25 heavy (non-hydrogen) atoms. The van der Waals surface area contributed by atoms with Crippen molar-refractivity contribution < 1.29 is 9.53 Å². The highest BCUT2D eigenvalue weighted by Crippen LogP contribution is 2.22. The molecule has 1 heterocycles. The first-order valence-corrected chi connectivity index (χ1v) is 8.11. The van der Waals surface area contributed by atoms with Crippen LogP contribution in [0.3, 0.4) is 0 Å². The van der Waals surface area contributed by atoms with Crippen LogP contribution < -0.4 is 10.1 Å². The van der Waals surface area contributed by atoms with Crippen LogP contribution in [0.2, 0.25) is 0 Å². The first-order valence-electron chi connectivity index (χ1n) is 8.11. The third-order valence-electron chi connectivity index (χ3n) is 3.74. The van der Waals surface area contributed by atoms with Gasteiger partial charge in [0, 0.05) is 22.9 Å². The summed E-state index contributed by atoms with van der Waals surface area (Å²) in [5.74, 6) is 0.364. The van der Waals surface area contributed by atoms with Crippen molar-refractivity contribution in [1.29, 1.82) is 0 Å². The first-order chi connectivity index (χ1) is 12.2. The number of nitrogens with zero attached hydrogens (tertiary/aromatic N) is 2. The number of aryl methyl sites for hydroxylation is 1. The number of benzene rings is 2. The van der Waals surface area contributed by atoms with Gasteiger partial charge in [-0.05, 0) is 43.7 Å². The van der Waals surface area contributed by atoms with Gasteiger partial charge in [0.15, 0.2) is 0 Å². The second-order valence-electron chi connectivity index (χ2n) is 5.54. The standard InChI is InChI=1S/C20H19N3O2/c1-3-25-19-12-11-18(22-23-19)15-8-6-9-16(13-15)21-20(24)17-10-5-4-7-14(17)2/h4-13H,3H2,1-2H3,(H,21,24). The molecule has 1 N–H and O–H groups in total. The van der Waals surface area contributed by atoms with Crippen LogP contribution in [0.15, 0.2) is 60.7 Å². The minimum atomic E-state index is -0.131. The van der Waals surface area contributed by atoms with E-state index in [1.807, 2.05) is 68.4 Å². The average molecular weight is 333 g/mol. The molecule has 2 aromatic carbocycles. The van der Waals surface area contributed by atoms with E-state index in [0.717, 1.165) is 16.8 Å². The maximum Gasteiger partial charge on any atom is 0.255 e. The van der Waals surface area contributed by atoms with Gasteiger partial charge >= 0.3 is 0 Å². The van der Waals surface area contributed by atoms with Crippen LogP contribution >= 0.6 is 0 Å². The highest BCUT2D eigenvalue weighted by molar-refractivity contribution is 6.05. The Balaban J connectivity index is 1.79. The molecule has 0 saturated heterocycles. The highest BCUT2D eigenvalue weighted by atomic mass is 16.5. The Morgan fingerprint density at radius 3 is 2.60 bits per heavy atom. The molecular formula is C20H19N3O2. The number of carbonyl (C=O) groups excluding carboxylic acids is 1. The molecule has 3 rings (SSSR count). The van der Waals surface area contributed by atoms with Crippen molar-refractivity contribution in [2.75, 3.05) is 11.9 Å². The highest BCUT2D eigenvalue weighted by Gasteiger charge is 2.09. The lowest BCUT2D eigenvalue weighted by atomic mass is 10.1. The molecule has 0 saturated carbocycles. The van der Waals surface area contributed by atoms with Gasteiger partial charge in [-0.1, -0.05) is 30.3 Å². The van der Waals surface area contributed by atoms with Crippen LogP contribution in [0, 0.1) is 6.92 Å². The van der Waals surface area contributed by atoms with Gasteiger partial charge in [-0.15, -0.1) is 10.2 Å². The zero-order chi connectivity index (χ0) is 17.6. The Morgan fingerprint density at radius 1 is 1.04 bits per heavy atom. The van der Waals surface area contributed by atoms with E-state index in [1.165, 1.54) is 0 Å². The van der Waals surface area contributed by atoms with Crippen molar-refractivity contribution in [3.8, 4) is 17.1 Å². The Morgan fingerprint density at radius 2 is 1.88 bits per heavy atom. The molecule has 0 bridgehead atoms. The van der Waals surface area contributed by atoms with Crippen LogP contribution in [0.5, 0.6) is 5.88 Å². The minimum absolute atomic E-state index is 0.131. The molecule has 0 aliphatic rings. The topological polar surface area (TPSA) is 64.1 Å². The number of carbonyl (C=O) groups is 1. The normalized spacial score (nSPS) is 10.3. The molecule has 0 spiro atoms. The van der Waals surface area contributed by atoms with E-state index >= 15 is 0 Å². The summed E-state index contributed by atoms with van der Waals surface area (Å²) in [6, 6.07) is 18.7. The summed E-state index contributed by atoms with van der Waals surface area (Å²) >= 11 is 0. The van der Waals surface area contributed by atoms with Crippen molar-refractivity contribution in [2.45, 2.75) is 13.8 Å². The summed E-state index contributed by atoms with van der Waals surface area (Å²) in [6.07, 6.45) is 0. The maximum absolute atomic E-state index is 12.4. The van der Waals surface area contributed by atoms with Crippen molar-refractivity contribution >= 4 is 11.6 Å². The van der Waals surface area contributed by atoms with Gasteiger partial charge in [-0.2, -0.15) is 0 Å². The third kappa shape index (κ3) is 4.01. The lowest BCUT2D eigenvalue weighted by Gasteiger charge is -2.09. The third-order valence-corrected chi connectivity index (χ3v) is 3.74. The molecule has 0 radical (unpaired) electrons. The van der Waals surface area contributed by atoms with E-state index in [1.54, 1.807) is 6.07 Å². The van der Waals surface area contributed by atoms with Gasteiger partial charge < -0.3 is 10.1 Å². The summed E-state index contributed by atoms with van der Waals surface area (Å²) in [7, 11) is 0. The van der Waals surface area contributed by atoms with Crippen molar-refractivity contribution in [1.82, 2.24) is 10.2 Å². The predicted octanol–water partition coefficient (Wildman–Crippen LogP) is 4.10.